The fourth-order valence-corrected chi connectivity index (χ4v) is 1.60. The smallest absolute Gasteiger partial charge is 0.0220 e. The average Bonchev–Trinajstić information content (AvgIpc) is 2.02. The molecule has 0 saturated carbocycles. The van der Waals surface area contributed by atoms with Gasteiger partial charge in [-0.3, -0.25) is 4.90 Å². The first kappa shape index (κ1) is 12.7. The predicted octanol–water partition coefficient (Wildman–Crippen LogP) is 1.88. The van der Waals surface area contributed by atoms with E-state index in [2.05, 4.69) is 37.7 Å². The fraction of sp³-hybridized carbons (Fsp3) is 0.818. The molecule has 0 aromatic rings. The summed E-state index contributed by atoms with van der Waals surface area (Å²) in [4.78, 5) is 2.38. The van der Waals surface area contributed by atoms with Gasteiger partial charge in [0, 0.05) is 19.1 Å². The van der Waals surface area contributed by atoms with E-state index < -0.39 is 0 Å². The van der Waals surface area contributed by atoms with Gasteiger partial charge in [-0.25, -0.2) is 0 Å². The van der Waals surface area contributed by atoms with Crippen molar-refractivity contribution < 1.29 is 0 Å². The lowest BCUT2D eigenvalue weighted by Gasteiger charge is -2.27. The molecule has 1 atom stereocenters. The van der Waals surface area contributed by atoms with Crippen molar-refractivity contribution in [1.82, 2.24) is 10.2 Å². The van der Waals surface area contributed by atoms with Gasteiger partial charge in [-0.05, 0) is 27.4 Å². The Morgan fingerprint density at radius 3 is 2.54 bits per heavy atom. The highest BCUT2D eigenvalue weighted by molar-refractivity contribution is 4.92. The minimum atomic E-state index is 0.645. The van der Waals surface area contributed by atoms with E-state index in [1.165, 1.54) is 18.4 Å². The van der Waals surface area contributed by atoms with E-state index in [4.69, 9.17) is 0 Å². The molecule has 13 heavy (non-hydrogen) atoms. The minimum Gasteiger partial charge on any atom is -0.318 e. The first-order valence-corrected chi connectivity index (χ1v) is 5.11. The molecule has 78 valence electrons. The van der Waals surface area contributed by atoms with Crippen LogP contribution < -0.4 is 5.32 Å². The second kappa shape index (κ2) is 7.10. The first-order valence-electron chi connectivity index (χ1n) is 5.11. The van der Waals surface area contributed by atoms with E-state index in [0.29, 0.717) is 6.04 Å². The second-order valence-corrected chi connectivity index (χ2v) is 3.87. The third-order valence-electron chi connectivity index (χ3n) is 2.20. The summed E-state index contributed by atoms with van der Waals surface area (Å²) in [5.41, 5.74) is 1.24. The van der Waals surface area contributed by atoms with Crippen LogP contribution in [0.3, 0.4) is 0 Å². The summed E-state index contributed by atoms with van der Waals surface area (Å²) in [6.07, 6.45) is 2.50. The van der Waals surface area contributed by atoms with Gasteiger partial charge in [-0.2, -0.15) is 0 Å². The minimum absolute atomic E-state index is 0.645. The van der Waals surface area contributed by atoms with Gasteiger partial charge in [0.15, 0.2) is 0 Å². The summed E-state index contributed by atoms with van der Waals surface area (Å²) in [6, 6.07) is 0.645. The third kappa shape index (κ3) is 5.83. The van der Waals surface area contributed by atoms with Gasteiger partial charge in [0.2, 0.25) is 0 Å². The topological polar surface area (TPSA) is 15.3 Å². The monoisotopic (exact) mass is 184 g/mol. The zero-order valence-corrected chi connectivity index (χ0v) is 9.56. The average molecular weight is 184 g/mol. The Morgan fingerprint density at radius 1 is 1.54 bits per heavy atom. The summed E-state index contributed by atoms with van der Waals surface area (Å²) in [7, 11) is 4.18. The summed E-state index contributed by atoms with van der Waals surface area (Å²) in [6.45, 7) is 10.3. The normalized spacial score (nSPS) is 13.3. The van der Waals surface area contributed by atoms with Crippen LogP contribution in [-0.2, 0) is 0 Å². The van der Waals surface area contributed by atoms with E-state index in [1.54, 1.807) is 0 Å². The summed E-state index contributed by atoms with van der Waals surface area (Å²) >= 11 is 0. The molecular formula is C11H24N2. The third-order valence-corrected chi connectivity index (χ3v) is 2.20. The zero-order valence-electron chi connectivity index (χ0n) is 9.56. The SMILES string of the molecule is C=C(C)CN(C)C(CCC)CNC. The van der Waals surface area contributed by atoms with Crippen LogP contribution in [0.15, 0.2) is 12.2 Å². The summed E-state index contributed by atoms with van der Waals surface area (Å²) < 4.78 is 0. The van der Waals surface area contributed by atoms with Crippen molar-refractivity contribution in [3.8, 4) is 0 Å². The molecule has 1 N–H and O–H groups in total. The van der Waals surface area contributed by atoms with E-state index in [1.807, 2.05) is 7.05 Å². The molecule has 0 spiro atoms. The molecular weight excluding hydrogens is 160 g/mol. The zero-order chi connectivity index (χ0) is 10.3. The molecule has 0 fully saturated rings. The number of nitrogens with one attached hydrogen (secondary N) is 1. The van der Waals surface area contributed by atoms with Crippen LogP contribution in [-0.4, -0.2) is 38.1 Å². The van der Waals surface area contributed by atoms with Crippen molar-refractivity contribution in [3.05, 3.63) is 12.2 Å². The van der Waals surface area contributed by atoms with Crippen LogP contribution in [0.25, 0.3) is 0 Å². The molecule has 0 aromatic heterocycles. The number of hydrogen-bond donors (Lipinski definition) is 1. The highest BCUT2D eigenvalue weighted by Gasteiger charge is 2.11. The molecule has 0 aromatic carbocycles. The molecule has 0 aliphatic carbocycles. The van der Waals surface area contributed by atoms with Gasteiger partial charge in [0.05, 0.1) is 0 Å². The summed E-state index contributed by atoms with van der Waals surface area (Å²) in [5.74, 6) is 0. The van der Waals surface area contributed by atoms with Gasteiger partial charge in [-0.1, -0.05) is 25.5 Å². The van der Waals surface area contributed by atoms with Gasteiger partial charge in [-0.15, -0.1) is 0 Å². The standard InChI is InChI=1S/C11H24N2/c1-6-7-11(8-12-4)13(5)9-10(2)3/h11-12H,2,6-9H2,1,3-5H3. The van der Waals surface area contributed by atoms with Crippen LogP contribution in [0.1, 0.15) is 26.7 Å². The lowest BCUT2D eigenvalue weighted by Crippen LogP contribution is -2.39. The maximum Gasteiger partial charge on any atom is 0.0220 e. The quantitative estimate of drug-likeness (QED) is 0.608. The van der Waals surface area contributed by atoms with Gasteiger partial charge in [0.1, 0.15) is 0 Å². The van der Waals surface area contributed by atoms with Crippen LogP contribution in [0.5, 0.6) is 0 Å². The molecule has 0 radical (unpaired) electrons. The molecule has 0 aliphatic heterocycles. The van der Waals surface area contributed by atoms with Crippen molar-refractivity contribution in [2.75, 3.05) is 27.2 Å². The highest BCUT2D eigenvalue weighted by Crippen LogP contribution is 2.05. The Kier molecular flexibility index (Phi) is 6.92. The van der Waals surface area contributed by atoms with E-state index >= 15 is 0 Å². The number of likely N-dealkylation sites (N-methyl/N-ethyl adjacent to an activating group) is 2. The molecule has 0 heterocycles. The van der Waals surface area contributed by atoms with Gasteiger partial charge < -0.3 is 5.32 Å². The van der Waals surface area contributed by atoms with Gasteiger partial charge >= 0.3 is 0 Å². The van der Waals surface area contributed by atoms with Crippen molar-refractivity contribution in [3.63, 3.8) is 0 Å². The number of hydrogen-bond acceptors (Lipinski definition) is 2. The van der Waals surface area contributed by atoms with Crippen LogP contribution in [0, 0.1) is 0 Å². The highest BCUT2D eigenvalue weighted by atomic mass is 15.1. The first-order chi connectivity index (χ1) is 6.11. The maximum absolute atomic E-state index is 3.94. The van der Waals surface area contributed by atoms with Crippen molar-refractivity contribution in [2.45, 2.75) is 32.7 Å². The van der Waals surface area contributed by atoms with Crippen molar-refractivity contribution >= 4 is 0 Å². The fourth-order valence-electron chi connectivity index (χ4n) is 1.60. The molecule has 2 nitrogen and oxygen atoms in total. The van der Waals surface area contributed by atoms with Crippen LogP contribution >= 0.6 is 0 Å². The number of rotatable bonds is 7. The predicted molar refractivity (Wildman–Crippen MR) is 60.1 cm³/mol. The summed E-state index contributed by atoms with van der Waals surface area (Å²) in [5, 5.41) is 3.24. The molecule has 0 aliphatic rings. The molecule has 0 bridgehead atoms. The molecule has 0 amide bonds. The van der Waals surface area contributed by atoms with E-state index in [9.17, 15) is 0 Å². The number of nitrogens with zero attached hydrogens (tertiary/aromatic N) is 1. The largest absolute Gasteiger partial charge is 0.318 e. The van der Waals surface area contributed by atoms with Crippen molar-refractivity contribution in [2.24, 2.45) is 0 Å². The van der Waals surface area contributed by atoms with Crippen LogP contribution in [0.4, 0.5) is 0 Å². The second-order valence-electron chi connectivity index (χ2n) is 3.87. The molecule has 2 heteroatoms. The molecule has 0 saturated heterocycles. The molecule has 0 rings (SSSR count). The van der Waals surface area contributed by atoms with Crippen LogP contribution in [0.2, 0.25) is 0 Å². The Balaban J connectivity index is 3.93. The Morgan fingerprint density at radius 2 is 2.15 bits per heavy atom. The van der Waals surface area contributed by atoms with Crippen molar-refractivity contribution in [1.29, 1.82) is 0 Å². The Bertz CT molecular complexity index is 137. The molecule has 1 unspecified atom stereocenters. The van der Waals surface area contributed by atoms with Gasteiger partial charge in [0.25, 0.3) is 0 Å². The maximum atomic E-state index is 3.94. The Labute approximate surface area is 83.0 Å². The lowest BCUT2D eigenvalue weighted by molar-refractivity contribution is 0.243. The van der Waals surface area contributed by atoms with E-state index in [-0.39, 0.29) is 0 Å². The van der Waals surface area contributed by atoms with E-state index in [0.717, 1.165) is 13.1 Å². The lowest BCUT2D eigenvalue weighted by atomic mass is 10.1. The Hall–Kier alpha value is -0.340.